The molecular weight excluding hydrogens is 302 g/mol. The van der Waals surface area contributed by atoms with Crippen LogP contribution in [0.1, 0.15) is 5.56 Å². The molecule has 0 aliphatic carbocycles. The fourth-order valence-corrected chi connectivity index (χ4v) is 2.53. The number of phenols is 1. The van der Waals surface area contributed by atoms with E-state index in [0.29, 0.717) is 5.56 Å². The Bertz CT molecular complexity index is 1010. The summed E-state index contributed by atoms with van der Waals surface area (Å²) in [4.78, 5) is 4.46. The van der Waals surface area contributed by atoms with Gasteiger partial charge in [-0.25, -0.2) is 4.68 Å². The van der Waals surface area contributed by atoms with E-state index in [2.05, 4.69) is 20.5 Å². The molecule has 4 aromatic rings. The van der Waals surface area contributed by atoms with Gasteiger partial charge in [0.25, 0.3) is 0 Å². The van der Waals surface area contributed by atoms with Crippen molar-refractivity contribution in [1.29, 1.82) is 0 Å². The van der Waals surface area contributed by atoms with Crippen molar-refractivity contribution in [3.8, 4) is 11.4 Å². The molecule has 0 fully saturated rings. The first kappa shape index (κ1) is 14.1. The number of aromatic nitrogens is 4. The highest BCUT2D eigenvalue weighted by atomic mass is 16.3. The van der Waals surface area contributed by atoms with Gasteiger partial charge in [0.15, 0.2) is 0 Å². The average molecular weight is 315 g/mol. The zero-order chi connectivity index (χ0) is 16.4. The lowest BCUT2D eigenvalue weighted by Gasteiger charge is -2.05. The first-order valence-electron chi connectivity index (χ1n) is 7.39. The molecule has 0 radical (unpaired) electrons. The minimum absolute atomic E-state index is 0.211. The van der Waals surface area contributed by atoms with Crippen LogP contribution in [0.4, 0.5) is 5.69 Å². The molecule has 0 unspecified atom stereocenters. The lowest BCUT2D eigenvalue weighted by Crippen LogP contribution is -1.93. The van der Waals surface area contributed by atoms with Gasteiger partial charge < -0.3 is 5.11 Å². The number of rotatable bonds is 3. The van der Waals surface area contributed by atoms with Crippen molar-refractivity contribution in [2.45, 2.75) is 0 Å². The van der Waals surface area contributed by atoms with Gasteiger partial charge in [-0.2, -0.15) is 0 Å². The Morgan fingerprint density at radius 2 is 1.79 bits per heavy atom. The highest BCUT2D eigenvalue weighted by Crippen LogP contribution is 2.26. The third-order valence-electron chi connectivity index (χ3n) is 3.75. The van der Waals surface area contributed by atoms with Gasteiger partial charge in [-0.1, -0.05) is 30.3 Å². The van der Waals surface area contributed by atoms with Gasteiger partial charge >= 0.3 is 0 Å². The van der Waals surface area contributed by atoms with Gasteiger partial charge in [-0.05, 0) is 51.5 Å². The molecule has 3 aromatic carbocycles. The van der Waals surface area contributed by atoms with E-state index in [4.69, 9.17) is 0 Å². The van der Waals surface area contributed by atoms with Crippen LogP contribution in [0.3, 0.4) is 0 Å². The number of hydrogen-bond donors (Lipinski definition) is 1. The summed E-state index contributed by atoms with van der Waals surface area (Å²) in [6, 6.07) is 19.0. The van der Waals surface area contributed by atoms with Crippen LogP contribution >= 0.6 is 0 Å². The number of hydrogen-bond acceptors (Lipinski definition) is 5. The molecule has 116 valence electrons. The summed E-state index contributed by atoms with van der Waals surface area (Å²) in [7, 11) is 0. The fourth-order valence-electron chi connectivity index (χ4n) is 2.53. The first-order chi connectivity index (χ1) is 11.8. The quantitative estimate of drug-likeness (QED) is 0.589. The van der Waals surface area contributed by atoms with Gasteiger partial charge in [0.2, 0.25) is 0 Å². The van der Waals surface area contributed by atoms with Crippen molar-refractivity contribution >= 4 is 22.7 Å². The maximum atomic E-state index is 10.1. The number of phenolic OH excluding ortho intramolecular Hbond substituents is 1. The summed E-state index contributed by atoms with van der Waals surface area (Å²) >= 11 is 0. The summed E-state index contributed by atoms with van der Waals surface area (Å²) in [6.07, 6.45) is 3.22. The third kappa shape index (κ3) is 2.61. The van der Waals surface area contributed by atoms with E-state index in [1.54, 1.807) is 17.0 Å². The summed E-state index contributed by atoms with van der Waals surface area (Å²) in [5, 5.41) is 23.2. The van der Waals surface area contributed by atoms with Crippen LogP contribution in [-0.4, -0.2) is 31.5 Å². The molecule has 0 spiro atoms. The van der Waals surface area contributed by atoms with Gasteiger partial charge in [0, 0.05) is 11.8 Å². The highest BCUT2D eigenvalue weighted by Gasteiger charge is 2.04. The monoisotopic (exact) mass is 315 g/mol. The number of aromatic hydroxyl groups is 1. The Hall–Kier alpha value is -3.54. The second-order valence-electron chi connectivity index (χ2n) is 5.25. The summed E-state index contributed by atoms with van der Waals surface area (Å²) < 4.78 is 1.57. The van der Waals surface area contributed by atoms with Crippen molar-refractivity contribution in [2.24, 2.45) is 4.99 Å². The van der Waals surface area contributed by atoms with E-state index in [1.807, 2.05) is 54.6 Å². The molecule has 0 saturated heterocycles. The van der Waals surface area contributed by atoms with Crippen LogP contribution in [0, 0.1) is 0 Å². The smallest absolute Gasteiger partial charge is 0.143 e. The molecule has 1 N–H and O–H groups in total. The van der Waals surface area contributed by atoms with Crippen LogP contribution in [0.25, 0.3) is 16.5 Å². The predicted molar refractivity (Wildman–Crippen MR) is 92.0 cm³/mol. The lowest BCUT2D eigenvalue weighted by molar-refractivity contribution is 0.475. The van der Waals surface area contributed by atoms with Crippen LogP contribution in [0.15, 0.2) is 72.0 Å². The molecular formula is C18H13N5O. The minimum atomic E-state index is 0.211. The molecule has 0 atom stereocenters. The maximum Gasteiger partial charge on any atom is 0.143 e. The third-order valence-corrected chi connectivity index (χ3v) is 3.75. The molecule has 0 saturated carbocycles. The Labute approximate surface area is 137 Å². The molecule has 0 amide bonds. The van der Waals surface area contributed by atoms with Gasteiger partial charge in [0.05, 0.1) is 11.4 Å². The second-order valence-corrected chi connectivity index (χ2v) is 5.25. The van der Waals surface area contributed by atoms with Gasteiger partial charge in [0.1, 0.15) is 12.1 Å². The number of tetrazole rings is 1. The SMILES string of the molecule is Oc1ccc2ccccc2c1C=Nc1ccc(-n2cnnn2)cc1. The standard InChI is InChI=1S/C18H13N5O/c24-18-10-5-13-3-1-2-4-16(13)17(18)11-19-14-6-8-15(9-7-14)23-12-20-21-22-23/h1-12,24H. The summed E-state index contributed by atoms with van der Waals surface area (Å²) in [6.45, 7) is 0. The topological polar surface area (TPSA) is 76.2 Å². The van der Waals surface area contributed by atoms with Crippen LogP contribution in [0.2, 0.25) is 0 Å². The molecule has 1 heterocycles. The zero-order valence-corrected chi connectivity index (χ0v) is 12.6. The fraction of sp³-hybridized carbons (Fsp3) is 0. The molecule has 6 nitrogen and oxygen atoms in total. The summed E-state index contributed by atoms with van der Waals surface area (Å²) in [5.41, 5.74) is 2.34. The molecule has 4 rings (SSSR count). The molecule has 24 heavy (non-hydrogen) atoms. The molecule has 0 aliphatic rings. The number of nitrogens with zero attached hydrogens (tertiary/aromatic N) is 5. The largest absolute Gasteiger partial charge is 0.507 e. The van der Waals surface area contributed by atoms with E-state index in [9.17, 15) is 5.11 Å². The first-order valence-corrected chi connectivity index (χ1v) is 7.39. The van der Waals surface area contributed by atoms with E-state index >= 15 is 0 Å². The lowest BCUT2D eigenvalue weighted by atomic mass is 10.0. The van der Waals surface area contributed by atoms with E-state index < -0.39 is 0 Å². The van der Waals surface area contributed by atoms with Crippen LogP contribution in [-0.2, 0) is 0 Å². The number of aliphatic imine (C=N–C) groups is 1. The second kappa shape index (κ2) is 5.92. The molecule has 6 heteroatoms. The Balaban J connectivity index is 1.67. The predicted octanol–water partition coefficient (Wildman–Crippen LogP) is 3.27. The minimum Gasteiger partial charge on any atom is -0.507 e. The van der Waals surface area contributed by atoms with Crippen molar-refractivity contribution in [2.75, 3.05) is 0 Å². The molecule has 0 aliphatic heterocycles. The van der Waals surface area contributed by atoms with Crippen molar-refractivity contribution in [3.05, 3.63) is 72.6 Å². The van der Waals surface area contributed by atoms with Gasteiger partial charge in [-0.15, -0.1) is 5.10 Å². The molecule has 1 aromatic heterocycles. The molecule has 0 bridgehead atoms. The van der Waals surface area contributed by atoms with Crippen molar-refractivity contribution < 1.29 is 5.11 Å². The van der Waals surface area contributed by atoms with Gasteiger partial charge in [-0.3, -0.25) is 4.99 Å². The highest BCUT2D eigenvalue weighted by molar-refractivity contribution is 6.02. The average Bonchev–Trinajstić information content (AvgIpc) is 3.16. The Kier molecular flexibility index (Phi) is 3.47. The van der Waals surface area contributed by atoms with Crippen LogP contribution < -0.4 is 0 Å². The van der Waals surface area contributed by atoms with E-state index in [-0.39, 0.29) is 5.75 Å². The number of benzene rings is 3. The van der Waals surface area contributed by atoms with E-state index in [1.165, 1.54) is 6.33 Å². The summed E-state index contributed by atoms with van der Waals surface area (Å²) in [5.74, 6) is 0.211. The normalized spacial score (nSPS) is 11.3. The Morgan fingerprint density at radius 1 is 0.958 bits per heavy atom. The van der Waals surface area contributed by atoms with E-state index in [0.717, 1.165) is 22.1 Å². The maximum absolute atomic E-state index is 10.1. The zero-order valence-electron chi connectivity index (χ0n) is 12.6. The van der Waals surface area contributed by atoms with Crippen molar-refractivity contribution in [1.82, 2.24) is 20.2 Å². The Morgan fingerprint density at radius 3 is 2.58 bits per heavy atom. The van der Waals surface area contributed by atoms with Crippen molar-refractivity contribution in [3.63, 3.8) is 0 Å². The number of fused-ring (bicyclic) bond motifs is 1. The van der Waals surface area contributed by atoms with Crippen LogP contribution in [0.5, 0.6) is 5.75 Å².